The summed E-state index contributed by atoms with van der Waals surface area (Å²) in [7, 11) is 0. The van der Waals surface area contributed by atoms with E-state index in [1.54, 1.807) is 0 Å². The molecule has 128 valence electrons. The fraction of sp³-hybridized carbons (Fsp3) is 0.450. The van der Waals surface area contributed by atoms with Gasteiger partial charge in [-0.05, 0) is 56.2 Å². The lowest BCUT2D eigenvalue weighted by Gasteiger charge is -2.35. The number of pyridine rings is 1. The van der Waals surface area contributed by atoms with E-state index < -0.39 is 0 Å². The molecule has 1 aliphatic rings. The molecule has 0 aliphatic carbocycles. The lowest BCUT2D eigenvalue weighted by molar-refractivity contribution is -0.0704. The van der Waals surface area contributed by atoms with Crippen molar-refractivity contribution < 1.29 is 4.74 Å². The van der Waals surface area contributed by atoms with Gasteiger partial charge < -0.3 is 10.1 Å². The SMILES string of the molecule is C[C@@H]1CN(Cc2cccc(N[C@H](C)c3ccncc3)c2)C[C@H](C)O1. The molecule has 4 nitrogen and oxygen atoms in total. The normalized spacial score (nSPS) is 23.0. The number of rotatable bonds is 5. The lowest BCUT2D eigenvalue weighted by Crippen LogP contribution is -2.44. The van der Waals surface area contributed by atoms with Crippen LogP contribution in [0.3, 0.4) is 0 Å². The fourth-order valence-electron chi connectivity index (χ4n) is 3.42. The van der Waals surface area contributed by atoms with Gasteiger partial charge in [-0.25, -0.2) is 0 Å². The summed E-state index contributed by atoms with van der Waals surface area (Å²) in [6, 6.07) is 13.1. The number of aromatic nitrogens is 1. The van der Waals surface area contributed by atoms with E-state index in [0.717, 1.165) is 25.3 Å². The summed E-state index contributed by atoms with van der Waals surface area (Å²) in [5.74, 6) is 0. The van der Waals surface area contributed by atoms with Crippen molar-refractivity contribution >= 4 is 5.69 Å². The Balaban J connectivity index is 1.64. The molecule has 0 spiro atoms. The van der Waals surface area contributed by atoms with Gasteiger partial charge in [0.2, 0.25) is 0 Å². The van der Waals surface area contributed by atoms with Crippen molar-refractivity contribution in [2.45, 2.75) is 45.6 Å². The molecule has 3 rings (SSSR count). The van der Waals surface area contributed by atoms with Crippen LogP contribution in [0.25, 0.3) is 0 Å². The molecule has 1 saturated heterocycles. The van der Waals surface area contributed by atoms with Crippen LogP contribution in [0.15, 0.2) is 48.8 Å². The molecule has 0 radical (unpaired) electrons. The van der Waals surface area contributed by atoms with E-state index in [1.807, 2.05) is 12.4 Å². The quantitative estimate of drug-likeness (QED) is 0.906. The third-order valence-electron chi connectivity index (χ3n) is 4.42. The monoisotopic (exact) mass is 325 g/mol. The van der Waals surface area contributed by atoms with Gasteiger partial charge >= 0.3 is 0 Å². The van der Waals surface area contributed by atoms with Gasteiger partial charge in [0.15, 0.2) is 0 Å². The van der Waals surface area contributed by atoms with E-state index in [1.165, 1.54) is 11.1 Å². The molecule has 0 amide bonds. The minimum atomic E-state index is 0.256. The van der Waals surface area contributed by atoms with Gasteiger partial charge in [-0.1, -0.05) is 12.1 Å². The van der Waals surface area contributed by atoms with Crippen molar-refractivity contribution in [3.63, 3.8) is 0 Å². The van der Waals surface area contributed by atoms with E-state index >= 15 is 0 Å². The molecule has 2 heterocycles. The highest BCUT2D eigenvalue weighted by Gasteiger charge is 2.22. The zero-order chi connectivity index (χ0) is 16.9. The maximum atomic E-state index is 5.82. The van der Waals surface area contributed by atoms with Crippen molar-refractivity contribution in [1.82, 2.24) is 9.88 Å². The highest BCUT2D eigenvalue weighted by Crippen LogP contribution is 2.21. The number of benzene rings is 1. The maximum Gasteiger partial charge on any atom is 0.0678 e. The molecule has 24 heavy (non-hydrogen) atoms. The van der Waals surface area contributed by atoms with Gasteiger partial charge in [0.05, 0.1) is 12.2 Å². The van der Waals surface area contributed by atoms with Crippen molar-refractivity contribution in [2.24, 2.45) is 0 Å². The summed E-state index contributed by atoms with van der Waals surface area (Å²) >= 11 is 0. The smallest absolute Gasteiger partial charge is 0.0678 e. The van der Waals surface area contributed by atoms with Gasteiger partial charge in [0.25, 0.3) is 0 Å². The number of hydrogen-bond acceptors (Lipinski definition) is 4. The first-order valence-electron chi connectivity index (χ1n) is 8.73. The molecule has 3 atom stereocenters. The predicted molar refractivity (Wildman–Crippen MR) is 98.0 cm³/mol. The number of ether oxygens (including phenoxy) is 1. The van der Waals surface area contributed by atoms with Crippen LogP contribution in [0.5, 0.6) is 0 Å². The molecule has 0 bridgehead atoms. The Hall–Kier alpha value is -1.91. The summed E-state index contributed by atoms with van der Waals surface area (Å²) in [5.41, 5.74) is 3.74. The van der Waals surface area contributed by atoms with Crippen LogP contribution in [-0.4, -0.2) is 35.2 Å². The number of morpholine rings is 1. The number of nitrogens with zero attached hydrogens (tertiary/aromatic N) is 2. The van der Waals surface area contributed by atoms with Gasteiger partial charge in [0, 0.05) is 43.8 Å². The Labute approximate surface area is 144 Å². The molecule has 1 aliphatic heterocycles. The molecular weight excluding hydrogens is 298 g/mol. The summed E-state index contributed by atoms with van der Waals surface area (Å²) in [6.45, 7) is 9.43. The summed E-state index contributed by atoms with van der Waals surface area (Å²) in [5, 5.41) is 3.58. The maximum absolute atomic E-state index is 5.82. The Bertz CT molecular complexity index is 636. The van der Waals surface area contributed by atoms with E-state index in [9.17, 15) is 0 Å². The first-order valence-corrected chi connectivity index (χ1v) is 8.73. The first-order chi connectivity index (χ1) is 11.6. The molecule has 1 aromatic heterocycles. The number of anilines is 1. The Morgan fingerprint density at radius 2 is 1.88 bits per heavy atom. The van der Waals surface area contributed by atoms with Crippen LogP contribution in [0.2, 0.25) is 0 Å². The number of nitrogens with one attached hydrogen (secondary N) is 1. The minimum Gasteiger partial charge on any atom is -0.379 e. The van der Waals surface area contributed by atoms with Crippen molar-refractivity contribution in [2.75, 3.05) is 18.4 Å². The zero-order valence-corrected chi connectivity index (χ0v) is 14.8. The van der Waals surface area contributed by atoms with Crippen LogP contribution < -0.4 is 5.32 Å². The molecule has 1 N–H and O–H groups in total. The predicted octanol–water partition coefficient (Wildman–Crippen LogP) is 3.86. The Morgan fingerprint density at radius 3 is 2.58 bits per heavy atom. The standard InChI is InChI=1S/C20H27N3O/c1-15-12-23(13-16(2)24-15)14-18-5-4-6-20(11-18)22-17(3)19-7-9-21-10-8-19/h4-11,15-17,22H,12-14H2,1-3H3/t15-,16+,17-/m1/s1. The van der Waals surface area contributed by atoms with Gasteiger partial charge in [-0.15, -0.1) is 0 Å². The first kappa shape index (κ1) is 16.9. The Kier molecular flexibility index (Phi) is 5.48. The van der Waals surface area contributed by atoms with Crippen LogP contribution in [0.1, 0.15) is 37.9 Å². The van der Waals surface area contributed by atoms with Gasteiger partial charge in [-0.2, -0.15) is 0 Å². The second-order valence-electron chi connectivity index (χ2n) is 6.80. The molecular formula is C20H27N3O. The second kappa shape index (κ2) is 7.77. The van der Waals surface area contributed by atoms with Crippen LogP contribution in [0.4, 0.5) is 5.69 Å². The molecule has 1 fully saturated rings. The van der Waals surface area contributed by atoms with Crippen molar-refractivity contribution in [3.05, 3.63) is 59.9 Å². The second-order valence-corrected chi connectivity index (χ2v) is 6.80. The van der Waals surface area contributed by atoms with Crippen LogP contribution in [0, 0.1) is 0 Å². The highest BCUT2D eigenvalue weighted by atomic mass is 16.5. The largest absolute Gasteiger partial charge is 0.379 e. The Morgan fingerprint density at radius 1 is 1.17 bits per heavy atom. The summed E-state index contributed by atoms with van der Waals surface area (Å²) < 4.78 is 5.82. The third-order valence-corrected chi connectivity index (χ3v) is 4.42. The van der Waals surface area contributed by atoms with E-state index in [0.29, 0.717) is 12.2 Å². The topological polar surface area (TPSA) is 37.4 Å². The molecule has 2 aromatic rings. The van der Waals surface area contributed by atoms with E-state index in [2.05, 4.69) is 72.4 Å². The number of hydrogen-bond donors (Lipinski definition) is 1. The van der Waals surface area contributed by atoms with E-state index in [4.69, 9.17) is 4.74 Å². The average Bonchev–Trinajstić information content (AvgIpc) is 2.55. The van der Waals surface area contributed by atoms with E-state index in [-0.39, 0.29) is 6.04 Å². The lowest BCUT2D eigenvalue weighted by atomic mass is 10.1. The minimum absolute atomic E-state index is 0.256. The molecule has 0 unspecified atom stereocenters. The highest BCUT2D eigenvalue weighted by molar-refractivity contribution is 5.47. The van der Waals surface area contributed by atoms with Gasteiger partial charge in [0.1, 0.15) is 0 Å². The van der Waals surface area contributed by atoms with Crippen molar-refractivity contribution in [1.29, 1.82) is 0 Å². The third kappa shape index (κ3) is 4.56. The van der Waals surface area contributed by atoms with Crippen molar-refractivity contribution in [3.8, 4) is 0 Å². The molecule has 1 aromatic carbocycles. The van der Waals surface area contributed by atoms with Crippen LogP contribution in [-0.2, 0) is 11.3 Å². The average molecular weight is 325 g/mol. The molecule has 4 heteroatoms. The van der Waals surface area contributed by atoms with Crippen LogP contribution >= 0.6 is 0 Å². The summed E-state index contributed by atoms with van der Waals surface area (Å²) in [4.78, 5) is 6.56. The fourth-order valence-corrected chi connectivity index (χ4v) is 3.42. The zero-order valence-electron chi connectivity index (χ0n) is 14.8. The summed E-state index contributed by atoms with van der Waals surface area (Å²) in [6.07, 6.45) is 4.29. The van der Waals surface area contributed by atoms with Gasteiger partial charge in [-0.3, -0.25) is 9.88 Å². The molecule has 0 saturated carbocycles.